The molecule has 1 atom stereocenters. The smallest absolute Gasteiger partial charge is 0.0521 e. The van der Waals surface area contributed by atoms with E-state index in [1.807, 2.05) is 6.08 Å². The van der Waals surface area contributed by atoms with Crippen LogP contribution in [0.2, 0.25) is 0 Å². The molecule has 0 aromatic heterocycles. The normalized spacial score (nSPS) is 13.6. The molecule has 2 nitrogen and oxygen atoms in total. The molecule has 2 heteroatoms. The molecular formula is C15H30O2. The Morgan fingerprint density at radius 2 is 1.24 bits per heavy atom. The van der Waals surface area contributed by atoms with Crippen molar-refractivity contribution in [3.8, 4) is 0 Å². The zero-order chi connectivity index (χ0) is 13.3. The van der Waals surface area contributed by atoms with Gasteiger partial charge in [0.15, 0.2) is 0 Å². The summed E-state index contributed by atoms with van der Waals surface area (Å²) in [6.45, 7) is 17.9. The van der Waals surface area contributed by atoms with Crippen molar-refractivity contribution in [3.05, 3.63) is 12.7 Å². The molecule has 102 valence electrons. The molecular weight excluding hydrogens is 212 g/mol. The molecule has 0 aliphatic rings. The van der Waals surface area contributed by atoms with E-state index in [0.717, 1.165) is 26.4 Å². The summed E-state index contributed by atoms with van der Waals surface area (Å²) in [7, 11) is 0. The van der Waals surface area contributed by atoms with Crippen molar-refractivity contribution < 1.29 is 9.47 Å². The second-order valence-corrected chi connectivity index (χ2v) is 5.72. The minimum atomic E-state index is 0.421. The molecule has 0 aliphatic carbocycles. The molecule has 17 heavy (non-hydrogen) atoms. The van der Waals surface area contributed by atoms with Crippen molar-refractivity contribution in [3.63, 3.8) is 0 Å². The lowest BCUT2D eigenvalue weighted by molar-refractivity contribution is 0.0116. The van der Waals surface area contributed by atoms with E-state index in [0.29, 0.717) is 23.7 Å². The third kappa shape index (κ3) is 9.37. The van der Waals surface area contributed by atoms with Crippen molar-refractivity contribution in [2.45, 2.75) is 34.6 Å². The van der Waals surface area contributed by atoms with E-state index >= 15 is 0 Å². The maximum atomic E-state index is 5.71. The topological polar surface area (TPSA) is 18.5 Å². The van der Waals surface area contributed by atoms with Crippen LogP contribution in [-0.2, 0) is 9.47 Å². The van der Waals surface area contributed by atoms with Crippen LogP contribution in [0.5, 0.6) is 0 Å². The third-order valence-corrected chi connectivity index (χ3v) is 2.68. The van der Waals surface area contributed by atoms with E-state index in [4.69, 9.17) is 9.47 Å². The third-order valence-electron chi connectivity index (χ3n) is 2.68. The summed E-state index contributed by atoms with van der Waals surface area (Å²) in [6.07, 6.45) is 1.99. The van der Waals surface area contributed by atoms with Gasteiger partial charge in [0.25, 0.3) is 0 Å². The SMILES string of the molecule is C=CC(C)C(COCC(C)C)COCC(C)C. The average Bonchev–Trinajstić information content (AvgIpc) is 2.25. The molecule has 0 bridgehead atoms. The molecule has 0 N–H and O–H groups in total. The van der Waals surface area contributed by atoms with E-state index in [1.54, 1.807) is 0 Å². The monoisotopic (exact) mass is 242 g/mol. The molecule has 0 aliphatic heterocycles. The van der Waals surface area contributed by atoms with Gasteiger partial charge in [-0.15, -0.1) is 6.58 Å². The highest BCUT2D eigenvalue weighted by atomic mass is 16.5. The van der Waals surface area contributed by atoms with Crippen LogP contribution in [0.3, 0.4) is 0 Å². The number of allylic oxidation sites excluding steroid dienone is 1. The first-order valence-corrected chi connectivity index (χ1v) is 6.75. The molecule has 0 aromatic rings. The Bertz CT molecular complexity index is 173. The number of hydrogen-bond donors (Lipinski definition) is 0. The number of rotatable bonds is 10. The number of ether oxygens (including phenoxy) is 2. The van der Waals surface area contributed by atoms with Crippen LogP contribution in [0, 0.1) is 23.7 Å². The van der Waals surface area contributed by atoms with Gasteiger partial charge in [0.2, 0.25) is 0 Å². The summed E-state index contributed by atoms with van der Waals surface area (Å²) in [5.41, 5.74) is 0. The van der Waals surface area contributed by atoms with Crippen molar-refractivity contribution in [1.29, 1.82) is 0 Å². The predicted octanol–water partition coefficient (Wildman–Crippen LogP) is 3.77. The Hall–Kier alpha value is -0.340. The fraction of sp³-hybridized carbons (Fsp3) is 0.867. The standard InChI is InChI=1S/C15H30O2/c1-7-14(6)15(10-16-8-12(2)3)11-17-9-13(4)5/h7,12-15H,1,8-11H2,2-6H3. The highest BCUT2D eigenvalue weighted by Crippen LogP contribution is 2.14. The highest BCUT2D eigenvalue weighted by Gasteiger charge is 2.15. The second-order valence-electron chi connectivity index (χ2n) is 5.72. The zero-order valence-electron chi connectivity index (χ0n) is 12.2. The minimum Gasteiger partial charge on any atom is -0.381 e. The van der Waals surface area contributed by atoms with Crippen LogP contribution < -0.4 is 0 Å². The van der Waals surface area contributed by atoms with Gasteiger partial charge in [0, 0.05) is 19.1 Å². The highest BCUT2D eigenvalue weighted by molar-refractivity contribution is 4.81. The van der Waals surface area contributed by atoms with Crippen molar-refractivity contribution in [2.24, 2.45) is 23.7 Å². The summed E-state index contributed by atoms with van der Waals surface area (Å²) in [4.78, 5) is 0. The van der Waals surface area contributed by atoms with Crippen LogP contribution >= 0.6 is 0 Å². The summed E-state index contributed by atoms with van der Waals surface area (Å²) in [6, 6.07) is 0. The predicted molar refractivity (Wildman–Crippen MR) is 74.2 cm³/mol. The van der Waals surface area contributed by atoms with Gasteiger partial charge < -0.3 is 9.47 Å². The van der Waals surface area contributed by atoms with Gasteiger partial charge in [-0.3, -0.25) is 0 Å². The van der Waals surface area contributed by atoms with E-state index in [9.17, 15) is 0 Å². The first-order chi connectivity index (χ1) is 7.97. The molecule has 0 saturated carbocycles. The van der Waals surface area contributed by atoms with E-state index < -0.39 is 0 Å². The lowest BCUT2D eigenvalue weighted by atomic mass is 9.96. The van der Waals surface area contributed by atoms with E-state index in [1.165, 1.54) is 0 Å². The minimum absolute atomic E-state index is 0.421. The van der Waals surface area contributed by atoms with Gasteiger partial charge in [-0.2, -0.15) is 0 Å². The number of hydrogen-bond acceptors (Lipinski definition) is 2. The van der Waals surface area contributed by atoms with Crippen molar-refractivity contribution in [2.75, 3.05) is 26.4 Å². The van der Waals surface area contributed by atoms with Crippen LogP contribution in [0.15, 0.2) is 12.7 Å². The summed E-state index contributed by atoms with van der Waals surface area (Å²) < 4.78 is 11.4. The maximum Gasteiger partial charge on any atom is 0.0521 e. The second kappa shape index (κ2) is 9.67. The average molecular weight is 242 g/mol. The molecule has 0 amide bonds. The van der Waals surface area contributed by atoms with Crippen LogP contribution in [0.1, 0.15) is 34.6 Å². The van der Waals surface area contributed by atoms with Gasteiger partial charge >= 0.3 is 0 Å². The molecule has 0 rings (SSSR count). The van der Waals surface area contributed by atoms with Gasteiger partial charge in [0.1, 0.15) is 0 Å². The lowest BCUT2D eigenvalue weighted by Crippen LogP contribution is -2.24. The Morgan fingerprint density at radius 3 is 1.53 bits per heavy atom. The first kappa shape index (κ1) is 16.7. The summed E-state index contributed by atoms with van der Waals surface area (Å²) in [5.74, 6) is 2.04. The zero-order valence-corrected chi connectivity index (χ0v) is 12.2. The first-order valence-electron chi connectivity index (χ1n) is 6.75. The van der Waals surface area contributed by atoms with E-state index in [2.05, 4.69) is 41.2 Å². The fourth-order valence-electron chi connectivity index (χ4n) is 1.45. The lowest BCUT2D eigenvalue weighted by Gasteiger charge is -2.22. The van der Waals surface area contributed by atoms with Crippen LogP contribution in [0.25, 0.3) is 0 Å². The Morgan fingerprint density at radius 1 is 0.824 bits per heavy atom. The Kier molecular flexibility index (Phi) is 9.47. The van der Waals surface area contributed by atoms with Crippen LogP contribution in [-0.4, -0.2) is 26.4 Å². The van der Waals surface area contributed by atoms with E-state index in [-0.39, 0.29) is 0 Å². The Balaban J connectivity index is 3.92. The van der Waals surface area contributed by atoms with Crippen LogP contribution in [0.4, 0.5) is 0 Å². The molecule has 0 fully saturated rings. The molecule has 0 radical (unpaired) electrons. The van der Waals surface area contributed by atoms with Crippen molar-refractivity contribution >= 4 is 0 Å². The molecule has 0 aromatic carbocycles. The fourth-order valence-corrected chi connectivity index (χ4v) is 1.45. The maximum absolute atomic E-state index is 5.71. The molecule has 1 unspecified atom stereocenters. The van der Waals surface area contributed by atoms with Crippen molar-refractivity contribution in [1.82, 2.24) is 0 Å². The molecule has 0 heterocycles. The summed E-state index contributed by atoms with van der Waals surface area (Å²) in [5, 5.41) is 0. The summed E-state index contributed by atoms with van der Waals surface area (Å²) >= 11 is 0. The molecule has 0 saturated heterocycles. The molecule has 0 spiro atoms. The quantitative estimate of drug-likeness (QED) is 0.543. The van der Waals surface area contributed by atoms with Gasteiger partial charge in [-0.05, 0) is 17.8 Å². The van der Waals surface area contributed by atoms with Gasteiger partial charge in [-0.1, -0.05) is 40.7 Å². The largest absolute Gasteiger partial charge is 0.381 e. The van der Waals surface area contributed by atoms with Gasteiger partial charge in [0.05, 0.1) is 13.2 Å². The Labute approximate surface area is 107 Å². The van der Waals surface area contributed by atoms with Gasteiger partial charge in [-0.25, -0.2) is 0 Å².